The summed E-state index contributed by atoms with van der Waals surface area (Å²) in [5.41, 5.74) is 5.52. The van der Waals surface area contributed by atoms with Gasteiger partial charge in [0.25, 0.3) is 5.91 Å². The van der Waals surface area contributed by atoms with Crippen LogP contribution in [0.4, 0.5) is 5.69 Å². The minimum absolute atomic E-state index is 0.125. The number of H-pyrrole nitrogens is 1. The number of carboxylic acid groups (broad SMARTS) is 1. The summed E-state index contributed by atoms with van der Waals surface area (Å²) in [4.78, 5) is 38.5. The summed E-state index contributed by atoms with van der Waals surface area (Å²) in [6, 6.07) is 20.4. The summed E-state index contributed by atoms with van der Waals surface area (Å²) >= 11 is 0. The molecule has 5 rings (SSSR count). The molecule has 1 amide bonds. The minimum Gasteiger partial charge on any atom is -0.478 e. The molecule has 4 aromatic rings. The molecule has 8 nitrogen and oxygen atoms in total. The van der Waals surface area contributed by atoms with Crippen LogP contribution in [0.1, 0.15) is 53.9 Å². The van der Waals surface area contributed by atoms with Gasteiger partial charge in [-0.05, 0) is 48.9 Å². The van der Waals surface area contributed by atoms with E-state index in [1.54, 1.807) is 41.3 Å². The number of hydrogen-bond donors (Lipinski definition) is 2. The standard InChI is InChI=1S/C27H21N3O5/c1-15-3-5-16(6-4-15)22-21-23(29-28-22)25(31)30(20-13-11-18(12-14-20)26(32)33)24(21)17-7-9-19(10-8-17)27(34)35-2/h3-14,24H,1-2H3,(H,28,29)(H,32,33)/t24-/m0/s1. The van der Waals surface area contributed by atoms with Gasteiger partial charge in [-0.15, -0.1) is 0 Å². The SMILES string of the molecule is COC(=O)c1ccc([C@H]2c3c(-c4ccc(C)cc4)n[nH]c3C(=O)N2c2ccc(C(=O)O)cc2)cc1. The largest absolute Gasteiger partial charge is 0.478 e. The summed E-state index contributed by atoms with van der Waals surface area (Å²) < 4.78 is 4.80. The van der Waals surface area contributed by atoms with Crippen molar-refractivity contribution >= 4 is 23.5 Å². The van der Waals surface area contributed by atoms with Crippen LogP contribution in [-0.2, 0) is 4.74 Å². The van der Waals surface area contributed by atoms with Crippen LogP contribution in [0.5, 0.6) is 0 Å². The van der Waals surface area contributed by atoms with Gasteiger partial charge in [-0.3, -0.25) is 14.8 Å². The number of aromatic carboxylic acids is 1. The maximum absolute atomic E-state index is 13.6. The molecule has 0 fully saturated rings. The molecule has 8 heteroatoms. The number of esters is 1. The van der Waals surface area contributed by atoms with Crippen LogP contribution in [0, 0.1) is 6.92 Å². The topological polar surface area (TPSA) is 113 Å². The predicted molar refractivity (Wildman–Crippen MR) is 129 cm³/mol. The van der Waals surface area contributed by atoms with Gasteiger partial charge in [0.05, 0.1) is 30.0 Å². The third-order valence-corrected chi connectivity index (χ3v) is 6.13. The molecule has 1 aliphatic heterocycles. The first kappa shape index (κ1) is 22.1. The van der Waals surface area contributed by atoms with Crippen LogP contribution in [-0.4, -0.2) is 40.3 Å². The monoisotopic (exact) mass is 467 g/mol. The number of aryl methyl sites for hydroxylation is 1. The van der Waals surface area contributed by atoms with Gasteiger partial charge in [-0.1, -0.05) is 42.0 Å². The smallest absolute Gasteiger partial charge is 0.337 e. The Hall–Kier alpha value is -4.72. The molecular weight excluding hydrogens is 446 g/mol. The molecule has 2 heterocycles. The summed E-state index contributed by atoms with van der Waals surface area (Å²) in [5, 5.41) is 16.6. The zero-order chi connectivity index (χ0) is 24.7. The Balaban J connectivity index is 1.66. The lowest BCUT2D eigenvalue weighted by molar-refractivity contribution is 0.0599. The molecule has 0 bridgehead atoms. The van der Waals surface area contributed by atoms with Gasteiger partial charge in [-0.25, -0.2) is 9.59 Å². The highest BCUT2D eigenvalue weighted by molar-refractivity contribution is 6.12. The Bertz CT molecular complexity index is 1440. The molecule has 0 unspecified atom stereocenters. The molecule has 0 saturated carbocycles. The third kappa shape index (κ3) is 3.74. The highest BCUT2D eigenvalue weighted by Gasteiger charge is 2.43. The van der Waals surface area contributed by atoms with E-state index in [1.165, 1.54) is 19.2 Å². The Morgan fingerprint density at radius 3 is 2.17 bits per heavy atom. The predicted octanol–water partition coefficient (Wildman–Crippen LogP) is 4.62. The van der Waals surface area contributed by atoms with E-state index >= 15 is 0 Å². The number of rotatable bonds is 5. The molecule has 35 heavy (non-hydrogen) atoms. The van der Waals surface area contributed by atoms with E-state index in [-0.39, 0.29) is 11.5 Å². The number of carbonyl (C=O) groups excluding carboxylic acids is 2. The molecule has 0 spiro atoms. The lowest BCUT2D eigenvalue weighted by atomic mass is 9.95. The number of ether oxygens (including phenoxy) is 1. The van der Waals surface area contributed by atoms with Crippen molar-refractivity contribution in [3.8, 4) is 11.3 Å². The molecule has 1 aromatic heterocycles. The average Bonchev–Trinajstić information content (AvgIpc) is 3.43. The zero-order valence-corrected chi connectivity index (χ0v) is 19.0. The zero-order valence-electron chi connectivity index (χ0n) is 19.0. The second kappa shape index (κ2) is 8.57. The normalized spacial score (nSPS) is 14.6. The van der Waals surface area contributed by atoms with Gasteiger partial charge in [0.1, 0.15) is 5.69 Å². The van der Waals surface area contributed by atoms with Gasteiger partial charge >= 0.3 is 11.9 Å². The van der Waals surface area contributed by atoms with Gasteiger partial charge in [-0.2, -0.15) is 5.10 Å². The van der Waals surface area contributed by atoms with Crippen LogP contribution in [0.2, 0.25) is 0 Å². The lowest BCUT2D eigenvalue weighted by Gasteiger charge is -2.26. The van der Waals surface area contributed by atoms with Crippen molar-refractivity contribution in [3.63, 3.8) is 0 Å². The van der Waals surface area contributed by atoms with Crippen molar-refractivity contribution in [2.75, 3.05) is 12.0 Å². The van der Waals surface area contributed by atoms with Crippen molar-refractivity contribution in [1.29, 1.82) is 0 Å². The number of carbonyl (C=O) groups is 3. The molecule has 1 aliphatic rings. The Morgan fingerprint density at radius 1 is 0.943 bits per heavy atom. The average molecular weight is 467 g/mol. The first-order valence-corrected chi connectivity index (χ1v) is 10.9. The van der Waals surface area contributed by atoms with Crippen molar-refractivity contribution in [1.82, 2.24) is 10.2 Å². The van der Waals surface area contributed by atoms with E-state index in [9.17, 15) is 19.5 Å². The fourth-order valence-electron chi connectivity index (χ4n) is 4.34. The van der Waals surface area contributed by atoms with Crippen LogP contribution in [0.3, 0.4) is 0 Å². The third-order valence-electron chi connectivity index (χ3n) is 6.13. The maximum atomic E-state index is 13.6. The number of nitrogens with one attached hydrogen (secondary N) is 1. The summed E-state index contributed by atoms with van der Waals surface area (Å²) in [6.07, 6.45) is 0. The lowest BCUT2D eigenvalue weighted by Crippen LogP contribution is -2.29. The van der Waals surface area contributed by atoms with Crippen molar-refractivity contribution in [3.05, 3.63) is 106 Å². The molecule has 1 atom stereocenters. The van der Waals surface area contributed by atoms with Crippen LogP contribution in [0.25, 0.3) is 11.3 Å². The fourth-order valence-corrected chi connectivity index (χ4v) is 4.34. The van der Waals surface area contributed by atoms with E-state index in [1.807, 2.05) is 31.2 Å². The van der Waals surface area contributed by atoms with Crippen molar-refractivity contribution in [2.24, 2.45) is 0 Å². The maximum Gasteiger partial charge on any atom is 0.337 e. The van der Waals surface area contributed by atoms with Gasteiger partial charge in [0.15, 0.2) is 0 Å². The number of amides is 1. The first-order valence-electron chi connectivity index (χ1n) is 10.9. The van der Waals surface area contributed by atoms with Crippen LogP contribution >= 0.6 is 0 Å². The molecule has 174 valence electrons. The van der Waals surface area contributed by atoms with Gasteiger partial charge in [0, 0.05) is 16.8 Å². The van der Waals surface area contributed by atoms with E-state index < -0.39 is 18.0 Å². The molecule has 0 radical (unpaired) electrons. The second-order valence-electron chi connectivity index (χ2n) is 8.27. The van der Waals surface area contributed by atoms with E-state index in [2.05, 4.69) is 10.2 Å². The molecule has 0 aliphatic carbocycles. The molecule has 0 saturated heterocycles. The number of nitrogens with zero attached hydrogens (tertiary/aromatic N) is 2. The quantitative estimate of drug-likeness (QED) is 0.414. The number of fused-ring (bicyclic) bond motifs is 1. The fraction of sp³-hybridized carbons (Fsp3) is 0.111. The number of hydrogen-bond acceptors (Lipinski definition) is 5. The van der Waals surface area contributed by atoms with E-state index in [0.29, 0.717) is 28.2 Å². The number of aromatic nitrogens is 2. The van der Waals surface area contributed by atoms with Crippen LogP contribution < -0.4 is 4.90 Å². The summed E-state index contributed by atoms with van der Waals surface area (Å²) in [6.45, 7) is 2.00. The van der Waals surface area contributed by atoms with E-state index in [0.717, 1.165) is 16.7 Å². The number of methoxy groups -OCH3 is 1. The number of anilines is 1. The number of carboxylic acids is 1. The second-order valence-corrected chi connectivity index (χ2v) is 8.27. The Kier molecular flexibility index (Phi) is 5.41. The van der Waals surface area contributed by atoms with Crippen molar-refractivity contribution < 1.29 is 24.2 Å². The highest BCUT2D eigenvalue weighted by atomic mass is 16.5. The molecular formula is C27H21N3O5. The van der Waals surface area contributed by atoms with E-state index in [4.69, 9.17) is 4.74 Å². The summed E-state index contributed by atoms with van der Waals surface area (Å²) in [5.74, 6) is -1.78. The summed E-state index contributed by atoms with van der Waals surface area (Å²) in [7, 11) is 1.32. The highest BCUT2D eigenvalue weighted by Crippen LogP contribution is 2.45. The first-order chi connectivity index (χ1) is 16.9. The number of aromatic amines is 1. The minimum atomic E-state index is -1.05. The van der Waals surface area contributed by atoms with Gasteiger partial charge in [0.2, 0.25) is 0 Å². The van der Waals surface area contributed by atoms with Crippen molar-refractivity contribution in [2.45, 2.75) is 13.0 Å². The van der Waals surface area contributed by atoms with Crippen LogP contribution in [0.15, 0.2) is 72.8 Å². The number of benzene rings is 3. The molecule has 3 aromatic carbocycles. The Labute approximate surface area is 200 Å². The van der Waals surface area contributed by atoms with Gasteiger partial charge < -0.3 is 9.84 Å². The molecule has 2 N–H and O–H groups in total. The Morgan fingerprint density at radius 2 is 1.57 bits per heavy atom.